The first kappa shape index (κ1) is 19.0. The highest BCUT2D eigenvalue weighted by molar-refractivity contribution is 6.53. The Kier molecular flexibility index (Phi) is 5.36. The van der Waals surface area contributed by atoms with Crippen LogP contribution in [0.4, 0.5) is 0 Å². The summed E-state index contributed by atoms with van der Waals surface area (Å²) in [7, 11) is 0. The first-order valence-corrected chi connectivity index (χ1v) is 9.57. The molecule has 0 unspecified atom stereocenters. The number of benzene rings is 1. The molecule has 6 heteroatoms. The monoisotopic (exact) mass is 384 g/mol. The van der Waals surface area contributed by atoms with E-state index in [4.69, 9.17) is 27.9 Å². The number of rotatable bonds is 5. The Hall–Kier alpha value is -0.810. The SMILES string of the molecule is C[C@@H]1CN(Cc2ccc(CNC(=O)[C@@]3(C)CC3(Cl)Cl)cc2)C[C@@H](C)O1. The molecule has 25 heavy (non-hydrogen) atoms. The Bertz CT molecular complexity index is 625. The van der Waals surface area contributed by atoms with Crippen molar-refractivity contribution in [2.75, 3.05) is 13.1 Å². The van der Waals surface area contributed by atoms with Crippen LogP contribution in [0, 0.1) is 5.41 Å². The molecular formula is C19H26Cl2N2O2. The van der Waals surface area contributed by atoms with Gasteiger partial charge >= 0.3 is 0 Å². The zero-order valence-corrected chi connectivity index (χ0v) is 16.5. The summed E-state index contributed by atoms with van der Waals surface area (Å²) in [6.45, 7) is 9.36. The van der Waals surface area contributed by atoms with Gasteiger partial charge in [0.15, 0.2) is 0 Å². The van der Waals surface area contributed by atoms with Crippen LogP contribution in [-0.4, -0.2) is 40.4 Å². The molecule has 1 aromatic rings. The Morgan fingerprint density at radius 2 is 1.72 bits per heavy atom. The van der Waals surface area contributed by atoms with Gasteiger partial charge in [0, 0.05) is 26.2 Å². The Labute approximate surface area is 159 Å². The van der Waals surface area contributed by atoms with Gasteiger partial charge in [0.05, 0.1) is 17.6 Å². The molecule has 0 spiro atoms. The van der Waals surface area contributed by atoms with Crippen molar-refractivity contribution >= 4 is 29.1 Å². The van der Waals surface area contributed by atoms with E-state index in [1.807, 2.05) is 0 Å². The van der Waals surface area contributed by atoms with Gasteiger partial charge in [-0.15, -0.1) is 23.2 Å². The maximum Gasteiger partial charge on any atom is 0.229 e. The highest BCUT2D eigenvalue weighted by Crippen LogP contribution is 2.63. The van der Waals surface area contributed by atoms with Crippen LogP contribution in [0.2, 0.25) is 0 Å². The molecule has 2 fully saturated rings. The second-order valence-electron chi connectivity index (χ2n) is 7.66. The van der Waals surface area contributed by atoms with Crippen molar-refractivity contribution in [2.45, 2.75) is 56.8 Å². The number of hydrogen-bond acceptors (Lipinski definition) is 3. The van der Waals surface area contributed by atoms with Crippen LogP contribution < -0.4 is 5.32 Å². The van der Waals surface area contributed by atoms with Crippen molar-refractivity contribution < 1.29 is 9.53 Å². The quantitative estimate of drug-likeness (QED) is 0.789. The van der Waals surface area contributed by atoms with Crippen LogP contribution in [0.5, 0.6) is 0 Å². The largest absolute Gasteiger partial charge is 0.373 e. The fourth-order valence-electron chi connectivity index (χ4n) is 3.46. The molecule has 1 saturated carbocycles. The van der Waals surface area contributed by atoms with E-state index in [9.17, 15) is 4.79 Å². The first-order valence-electron chi connectivity index (χ1n) is 8.81. The van der Waals surface area contributed by atoms with Gasteiger partial charge in [-0.2, -0.15) is 0 Å². The molecule has 2 aliphatic rings. The van der Waals surface area contributed by atoms with Crippen molar-refractivity contribution in [3.05, 3.63) is 35.4 Å². The molecule has 1 aromatic carbocycles. The van der Waals surface area contributed by atoms with E-state index in [2.05, 4.69) is 48.3 Å². The van der Waals surface area contributed by atoms with Crippen LogP contribution in [-0.2, 0) is 22.6 Å². The van der Waals surface area contributed by atoms with E-state index in [1.165, 1.54) is 5.56 Å². The Morgan fingerprint density at radius 3 is 2.24 bits per heavy atom. The Balaban J connectivity index is 1.50. The zero-order chi connectivity index (χ0) is 18.2. The predicted molar refractivity (Wildman–Crippen MR) is 101 cm³/mol. The zero-order valence-electron chi connectivity index (χ0n) is 15.0. The number of carbonyl (C=O) groups excluding carboxylic acids is 1. The third-order valence-corrected chi connectivity index (χ3v) is 6.24. The molecular weight excluding hydrogens is 359 g/mol. The second kappa shape index (κ2) is 7.07. The summed E-state index contributed by atoms with van der Waals surface area (Å²) in [6.07, 6.45) is 1.06. The maximum atomic E-state index is 12.2. The van der Waals surface area contributed by atoms with Gasteiger partial charge in [-0.3, -0.25) is 9.69 Å². The van der Waals surface area contributed by atoms with Gasteiger partial charge in [-0.1, -0.05) is 24.3 Å². The molecule has 1 aliphatic carbocycles. The fraction of sp³-hybridized carbons (Fsp3) is 0.632. The normalized spacial score (nSPS) is 31.6. The molecule has 138 valence electrons. The summed E-state index contributed by atoms with van der Waals surface area (Å²) in [4.78, 5) is 14.6. The summed E-state index contributed by atoms with van der Waals surface area (Å²) in [5, 5.41) is 2.93. The average Bonchev–Trinajstić information content (AvgIpc) is 3.05. The number of hydrogen-bond donors (Lipinski definition) is 1. The van der Waals surface area contributed by atoms with Crippen LogP contribution in [0.15, 0.2) is 24.3 Å². The molecule has 4 nitrogen and oxygen atoms in total. The summed E-state index contributed by atoms with van der Waals surface area (Å²) < 4.78 is 4.85. The number of amides is 1. The molecule has 3 rings (SSSR count). The smallest absolute Gasteiger partial charge is 0.229 e. The predicted octanol–water partition coefficient (Wildman–Crippen LogP) is 3.50. The van der Waals surface area contributed by atoms with E-state index in [0.717, 1.165) is 25.2 Å². The van der Waals surface area contributed by atoms with Gasteiger partial charge in [0.25, 0.3) is 0 Å². The summed E-state index contributed by atoms with van der Waals surface area (Å²) in [5.74, 6) is -0.0853. The molecule has 0 aromatic heterocycles. The number of carbonyl (C=O) groups is 1. The number of nitrogens with one attached hydrogen (secondary N) is 1. The molecule has 1 amide bonds. The minimum absolute atomic E-state index is 0.0853. The van der Waals surface area contributed by atoms with Gasteiger partial charge in [-0.25, -0.2) is 0 Å². The topological polar surface area (TPSA) is 41.6 Å². The number of alkyl halides is 2. The first-order chi connectivity index (χ1) is 11.7. The molecule has 1 N–H and O–H groups in total. The lowest BCUT2D eigenvalue weighted by atomic mass is 10.1. The number of halogens is 2. The molecule has 0 radical (unpaired) electrons. The summed E-state index contributed by atoms with van der Waals surface area (Å²) in [5.41, 5.74) is 1.67. The van der Waals surface area contributed by atoms with Gasteiger partial charge in [0.2, 0.25) is 5.91 Å². The Morgan fingerprint density at radius 1 is 1.20 bits per heavy atom. The van der Waals surface area contributed by atoms with Crippen molar-refractivity contribution in [3.63, 3.8) is 0 Å². The third-order valence-electron chi connectivity index (χ3n) is 5.14. The van der Waals surface area contributed by atoms with Crippen LogP contribution in [0.3, 0.4) is 0 Å². The lowest BCUT2D eigenvalue weighted by Crippen LogP contribution is -2.44. The highest BCUT2D eigenvalue weighted by atomic mass is 35.5. The van der Waals surface area contributed by atoms with E-state index in [-0.39, 0.29) is 18.1 Å². The lowest BCUT2D eigenvalue weighted by Gasteiger charge is -2.35. The van der Waals surface area contributed by atoms with Crippen LogP contribution >= 0.6 is 23.2 Å². The molecule has 1 heterocycles. The molecule has 0 bridgehead atoms. The van der Waals surface area contributed by atoms with Gasteiger partial charge in [-0.05, 0) is 38.3 Å². The molecule has 3 atom stereocenters. The number of morpholine rings is 1. The highest BCUT2D eigenvalue weighted by Gasteiger charge is 2.67. The van der Waals surface area contributed by atoms with Crippen LogP contribution in [0.25, 0.3) is 0 Å². The van der Waals surface area contributed by atoms with Crippen molar-refractivity contribution in [1.29, 1.82) is 0 Å². The average molecular weight is 385 g/mol. The van der Waals surface area contributed by atoms with Crippen LogP contribution in [0.1, 0.15) is 38.3 Å². The summed E-state index contributed by atoms with van der Waals surface area (Å²) >= 11 is 12.1. The van der Waals surface area contributed by atoms with Crippen molar-refractivity contribution in [2.24, 2.45) is 5.41 Å². The fourth-order valence-corrected chi connectivity index (χ4v) is 4.16. The minimum Gasteiger partial charge on any atom is -0.373 e. The number of ether oxygens (including phenoxy) is 1. The third kappa shape index (κ3) is 4.30. The van der Waals surface area contributed by atoms with E-state index in [0.29, 0.717) is 13.0 Å². The molecule has 1 aliphatic heterocycles. The van der Waals surface area contributed by atoms with Crippen molar-refractivity contribution in [3.8, 4) is 0 Å². The van der Waals surface area contributed by atoms with E-state index < -0.39 is 9.75 Å². The van der Waals surface area contributed by atoms with E-state index >= 15 is 0 Å². The lowest BCUT2D eigenvalue weighted by molar-refractivity contribution is -0.125. The minimum atomic E-state index is -0.923. The van der Waals surface area contributed by atoms with Gasteiger partial charge in [0.1, 0.15) is 4.33 Å². The van der Waals surface area contributed by atoms with Crippen molar-refractivity contribution in [1.82, 2.24) is 10.2 Å². The maximum absolute atomic E-state index is 12.2. The van der Waals surface area contributed by atoms with Gasteiger partial charge < -0.3 is 10.1 Å². The molecule has 1 saturated heterocycles. The summed E-state index contributed by atoms with van der Waals surface area (Å²) in [6, 6.07) is 8.37. The standard InChI is InChI=1S/C19H26Cl2N2O2/c1-13-9-23(10-14(2)25-13)11-16-6-4-15(5-7-16)8-22-17(24)18(3)12-19(18,20)21/h4-7,13-14H,8-12H2,1-3H3,(H,22,24)/t13-,14-,18-/m1/s1. The van der Waals surface area contributed by atoms with E-state index in [1.54, 1.807) is 6.92 Å². The second-order valence-corrected chi connectivity index (χ2v) is 9.15. The number of nitrogens with zero attached hydrogens (tertiary/aromatic N) is 1.